The van der Waals surface area contributed by atoms with Gasteiger partial charge in [-0.3, -0.25) is 4.31 Å². The fraction of sp³-hybridized carbons (Fsp3) is 0.276. The zero-order valence-corrected chi connectivity index (χ0v) is 25.2. The number of benzene rings is 2. The van der Waals surface area contributed by atoms with Crippen molar-refractivity contribution >= 4 is 27.3 Å². The van der Waals surface area contributed by atoms with Crippen LogP contribution in [0.2, 0.25) is 5.02 Å². The first-order valence-corrected chi connectivity index (χ1v) is 14.7. The van der Waals surface area contributed by atoms with Crippen LogP contribution >= 0.6 is 11.6 Å². The Labute approximate surface area is 243 Å². The second-order valence-electron chi connectivity index (χ2n) is 9.79. The Balaban J connectivity index is 1.46. The summed E-state index contributed by atoms with van der Waals surface area (Å²) in [7, 11) is -4.00. The van der Waals surface area contributed by atoms with Crippen LogP contribution in [0.5, 0.6) is 5.75 Å². The quantitative estimate of drug-likeness (QED) is 0.194. The molecule has 0 saturated heterocycles. The Bertz CT molecular complexity index is 1770. The molecule has 41 heavy (non-hydrogen) atoms. The van der Waals surface area contributed by atoms with E-state index < -0.39 is 10.0 Å². The highest BCUT2D eigenvalue weighted by Gasteiger charge is 2.28. The van der Waals surface area contributed by atoms with Crippen LogP contribution in [0, 0.1) is 41.5 Å². The predicted molar refractivity (Wildman–Crippen MR) is 154 cm³/mol. The van der Waals surface area contributed by atoms with E-state index in [0.717, 1.165) is 28.3 Å². The number of nitrogens with zero attached hydrogens (tertiary/aromatic N) is 5. The Morgan fingerprint density at radius 1 is 0.829 bits per heavy atom. The van der Waals surface area contributed by atoms with Gasteiger partial charge in [0.25, 0.3) is 10.0 Å². The monoisotopic (exact) mass is 595 g/mol. The first-order chi connectivity index (χ1) is 19.5. The number of anilines is 1. The third-order valence-corrected chi connectivity index (χ3v) is 9.38. The molecular formula is C29H30ClN5O5S. The minimum Gasteiger partial charge on any atom is -0.489 e. The molecule has 10 nitrogen and oxygen atoms in total. The molecule has 0 unspecified atom stereocenters. The highest BCUT2D eigenvalue weighted by atomic mass is 35.5. The maximum atomic E-state index is 14.1. The van der Waals surface area contributed by atoms with Gasteiger partial charge in [-0.05, 0) is 90.1 Å². The average Bonchev–Trinajstić information content (AvgIpc) is 3.55. The predicted octanol–water partition coefficient (Wildman–Crippen LogP) is 6.33. The van der Waals surface area contributed by atoms with Gasteiger partial charge >= 0.3 is 0 Å². The van der Waals surface area contributed by atoms with Crippen molar-refractivity contribution in [3.05, 3.63) is 99.0 Å². The molecule has 2 aromatic carbocycles. The average molecular weight is 596 g/mol. The van der Waals surface area contributed by atoms with Gasteiger partial charge in [0.1, 0.15) is 23.9 Å². The Hall–Kier alpha value is -4.09. The van der Waals surface area contributed by atoms with Gasteiger partial charge in [0, 0.05) is 5.56 Å². The molecule has 5 rings (SSSR count). The lowest BCUT2D eigenvalue weighted by atomic mass is 10.2. The van der Waals surface area contributed by atoms with Crippen molar-refractivity contribution in [1.29, 1.82) is 0 Å². The lowest BCUT2D eigenvalue weighted by Gasteiger charge is -2.25. The van der Waals surface area contributed by atoms with E-state index in [-0.39, 0.29) is 18.0 Å². The Morgan fingerprint density at radius 3 is 1.93 bits per heavy atom. The van der Waals surface area contributed by atoms with Crippen LogP contribution < -0.4 is 9.04 Å². The van der Waals surface area contributed by atoms with Crippen LogP contribution in [-0.4, -0.2) is 28.5 Å². The second kappa shape index (κ2) is 11.1. The minimum absolute atomic E-state index is 0.0406. The van der Waals surface area contributed by atoms with Crippen molar-refractivity contribution in [3.63, 3.8) is 0 Å². The van der Waals surface area contributed by atoms with Crippen molar-refractivity contribution in [1.82, 2.24) is 20.1 Å². The third-order valence-electron chi connectivity index (χ3n) is 7.04. The van der Waals surface area contributed by atoms with E-state index in [9.17, 15) is 8.42 Å². The first-order valence-electron chi connectivity index (χ1n) is 12.9. The lowest BCUT2D eigenvalue weighted by Crippen LogP contribution is -2.31. The number of ether oxygens (including phenoxy) is 1. The highest BCUT2D eigenvalue weighted by molar-refractivity contribution is 7.92. The molecule has 12 heteroatoms. The summed E-state index contributed by atoms with van der Waals surface area (Å²) in [6.45, 7) is 11.2. The standard InChI is InChI=1S/C29H30ClN5O5S/c1-17-27(21(5)39-32-17)15-34(23-7-9-24(10-8-23)35-20(4)29(30)19(3)31-35)41(36,37)26-13-11-25(12-14-26)38-16-28-18(2)33-40-22(28)6/h7-14H,15-16H2,1-6H3. The smallest absolute Gasteiger partial charge is 0.264 e. The number of sulfonamides is 1. The van der Waals surface area contributed by atoms with Crippen LogP contribution in [0.3, 0.4) is 0 Å². The van der Waals surface area contributed by atoms with E-state index in [0.29, 0.717) is 39.2 Å². The molecule has 0 N–H and O–H groups in total. The fourth-order valence-corrected chi connectivity index (χ4v) is 6.07. The van der Waals surface area contributed by atoms with Gasteiger partial charge in [-0.2, -0.15) is 5.10 Å². The molecule has 214 valence electrons. The summed E-state index contributed by atoms with van der Waals surface area (Å²) in [5.41, 5.74) is 5.68. The topological polar surface area (TPSA) is 116 Å². The Kier molecular flexibility index (Phi) is 7.67. The molecule has 0 aliphatic heterocycles. The van der Waals surface area contributed by atoms with Crippen LogP contribution in [0.1, 0.15) is 45.4 Å². The molecule has 5 aromatic rings. The fourth-order valence-electron chi connectivity index (χ4n) is 4.52. The summed E-state index contributed by atoms with van der Waals surface area (Å²) in [4.78, 5) is 0.114. The van der Waals surface area contributed by atoms with Crippen molar-refractivity contribution in [3.8, 4) is 11.4 Å². The van der Waals surface area contributed by atoms with Gasteiger partial charge in [0.05, 0.1) is 56.2 Å². The molecule has 0 spiro atoms. The molecule has 0 saturated carbocycles. The van der Waals surface area contributed by atoms with Crippen molar-refractivity contribution < 1.29 is 22.2 Å². The number of rotatable bonds is 9. The summed E-state index contributed by atoms with van der Waals surface area (Å²) >= 11 is 6.34. The first kappa shape index (κ1) is 28.4. The third kappa shape index (κ3) is 5.47. The summed E-state index contributed by atoms with van der Waals surface area (Å²) in [5.74, 6) is 1.76. The largest absolute Gasteiger partial charge is 0.489 e. The molecule has 0 bridgehead atoms. The summed E-state index contributed by atoms with van der Waals surface area (Å²) < 4.78 is 47.6. The van der Waals surface area contributed by atoms with Gasteiger partial charge in [0.2, 0.25) is 0 Å². The molecule has 0 fully saturated rings. The van der Waals surface area contributed by atoms with E-state index in [4.69, 9.17) is 25.4 Å². The SMILES string of the molecule is Cc1nn(-c2ccc(N(Cc3c(C)noc3C)S(=O)(=O)c3ccc(OCc4c(C)noc4C)cc3)cc2)c(C)c1Cl. The summed E-state index contributed by atoms with van der Waals surface area (Å²) in [5, 5.41) is 13.0. The maximum absolute atomic E-state index is 14.1. The molecule has 0 radical (unpaired) electrons. The van der Waals surface area contributed by atoms with Crippen LogP contribution in [0.4, 0.5) is 5.69 Å². The molecular weight excluding hydrogens is 566 g/mol. The van der Waals surface area contributed by atoms with E-state index in [1.165, 1.54) is 16.4 Å². The maximum Gasteiger partial charge on any atom is 0.264 e. The number of aryl methyl sites for hydroxylation is 5. The van der Waals surface area contributed by atoms with Gasteiger partial charge in [0.15, 0.2) is 0 Å². The van der Waals surface area contributed by atoms with Crippen molar-refractivity contribution in [2.75, 3.05) is 4.31 Å². The van der Waals surface area contributed by atoms with Crippen molar-refractivity contribution in [2.45, 2.75) is 59.6 Å². The van der Waals surface area contributed by atoms with Crippen LogP contribution in [0.25, 0.3) is 5.69 Å². The molecule has 0 amide bonds. The number of hydrogen-bond donors (Lipinski definition) is 0. The zero-order valence-electron chi connectivity index (χ0n) is 23.6. The Morgan fingerprint density at radius 2 is 1.41 bits per heavy atom. The van der Waals surface area contributed by atoms with Gasteiger partial charge in [-0.25, -0.2) is 13.1 Å². The number of aromatic nitrogens is 4. The van der Waals surface area contributed by atoms with E-state index in [2.05, 4.69) is 15.4 Å². The zero-order chi connectivity index (χ0) is 29.5. The lowest BCUT2D eigenvalue weighted by molar-refractivity contribution is 0.301. The number of halogens is 1. The normalized spacial score (nSPS) is 11.7. The molecule has 0 aliphatic rings. The van der Waals surface area contributed by atoms with Crippen molar-refractivity contribution in [2.24, 2.45) is 0 Å². The van der Waals surface area contributed by atoms with E-state index >= 15 is 0 Å². The van der Waals surface area contributed by atoms with Crippen LogP contribution in [-0.2, 0) is 23.2 Å². The number of hydrogen-bond acceptors (Lipinski definition) is 8. The van der Waals surface area contributed by atoms with Gasteiger partial charge in [-0.1, -0.05) is 21.9 Å². The van der Waals surface area contributed by atoms with Gasteiger partial charge < -0.3 is 13.8 Å². The van der Waals surface area contributed by atoms with E-state index in [1.54, 1.807) is 42.8 Å². The molecule has 0 atom stereocenters. The summed E-state index contributed by atoms with van der Waals surface area (Å²) in [6.07, 6.45) is 0. The van der Waals surface area contributed by atoms with Crippen LogP contribution in [0.15, 0.2) is 62.5 Å². The van der Waals surface area contributed by atoms with Gasteiger partial charge in [-0.15, -0.1) is 0 Å². The molecule has 0 aliphatic carbocycles. The van der Waals surface area contributed by atoms with E-state index in [1.807, 2.05) is 39.8 Å². The molecule has 3 heterocycles. The minimum atomic E-state index is -4.00. The highest BCUT2D eigenvalue weighted by Crippen LogP contribution is 2.31. The molecule has 3 aromatic heterocycles. The second-order valence-corrected chi connectivity index (χ2v) is 12.0. The summed E-state index contributed by atoms with van der Waals surface area (Å²) in [6, 6.07) is 13.4.